The van der Waals surface area contributed by atoms with E-state index in [4.69, 9.17) is 4.74 Å². The van der Waals surface area contributed by atoms with Crippen molar-refractivity contribution >= 4 is 17.7 Å². The third-order valence-electron chi connectivity index (χ3n) is 2.92. The minimum absolute atomic E-state index is 0.220. The van der Waals surface area contributed by atoms with Gasteiger partial charge in [0.25, 0.3) is 5.91 Å². The van der Waals surface area contributed by atoms with Crippen LogP contribution in [0.5, 0.6) is 5.75 Å². The van der Waals surface area contributed by atoms with Crippen molar-refractivity contribution in [3.05, 3.63) is 65.4 Å². The van der Waals surface area contributed by atoms with E-state index in [2.05, 4.69) is 5.32 Å². The van der Waals surface area contributed by atoms with E-state index in [1.54, 1.807) is 6.08 Å². The molecule has 2 aromatic rings. The molecule has 0 spiro atoms. The van der Waals surface area contributed by atoms with Gasteiger partial charge in [0.2, 0.25) is 0 Å². The van der Waals surface area contributed by atoms with Crippen LogP contribution < -0.4 is 10.1 Å². The number of anilines is 1. The molecule has 1 heterocycles. The van der Waals surface area contributed by atoms with E-state index in [1.165, 1.54) is 0 Å². The highest BCUT2D eigenvalue weighted by Crippen LogP contribution is 2.32. The Kier molecular flexibility index (Phi) is 2.80. The van der Waals surface area contributed by atoms with Crippen LogP contribution in [0.15, 0.2) is 54.3 Å². The summed E-state index contributed by atoms with van der Waals surface area (Å²) < 4.78 is 5.65. The third-order valence-corrected chi connectivity index (χ3v) is 2.92. The first-order chi connectivity index (χ1) is 9.22. The number of benzene rings is 2. The van der Waals surface area contributed by atoms with Gasteiger partial charge in [0.1, 0.15) is 0 Å². The summed E-state index contributed by atoms with van der Waals surface area (Å²) in [4.78, 5) is 12.0. The lowest BCUT2D eigenvalue weighted by molar-refractivity contribution is -0.115. The Morgan fingerprint density at radius 1 is 1.11 bits per heavy atom. The predicted octanol–water partition coefficient (Wildman–Crippen LogP) is 3.37. The Morgan fingerprint density at radius 2 is 1.89 bits per heavy atom. The molecule has 1 amide bonds. The number of rotatable bonds is 1. The molecule has 3 heteroatoms. The predicted molar refractivity (Wildman–Crippen MR) is 74.9 cm³/mol. The molecular weight excluding hydrogens is 238 g/mol. The maximum absolute atomic E-state index is 12.0. The Hall–Kier alpha value is -2.55. The zero-order valence-corrected chi connectivity index (χ0v) is 10.5. The standard InChI is InChI=1S/C16H13NO2/c1-11-7-8-14-13(9-11)17-16(18)15(19-14)10-12-5-3-2-4-6-12/h2-10H,1H3,(H,17,18). The molecule has 0 bridgehead atoms. The van der Waals surface area contributed by atoms with Crippen molar-refractivity contribution < 1.29 is 9.53 Å². The molecule has 0 saturated carbocycles. The molecule has 0 saturated heterocycles. The normalized spacial score (nSPS) is 15.6. The smallest absolute Gasteiger partial charge is 0.291 e. The summed E-state index contributed by atoms with van der Waals surface area (Å²) in [6.45, 7) is 1.97. The van der Waals surface area contributed by atoms with Crippen LogP contribution in [-0.2, 0) is 4.79 Å². The quantitative estimate of drug-likeness (QED) is 0.789. The lowest BCUT2D eigenvalue weighted by atomic mass is 10.1. The molecule has 3 nitrogen and oxygen atoms in total. The molecule has 0 fully saturated rings. The van der Waals surface area contributed by atoms with Crippen LogP contribution in [0.25, 0.3) is 6.08 Å². The molecule has 0 radical (unpaired) electrons. The second-order valence-corrected chi connectivity index (χ2v) is 4.48. The first-order valence-electron chi connectivity index (χ1n) is 6.09. The molecule has 0 aliphatic carbocycles. The molecule has 0 unspecified atom stereocenters. The molecule has 3 rings (SSSR count). The molecule has 2 aromatic carbocycles. The van der Waals surface area contributed by atoms with Crippen molar-refractivity contribution in [1.29, 1.82) is 0 Å². The van der Waals surface area contributed by atoms with E-state index in [0.29, 0.717) is 11.5 Å². The van der Waals surface area contributed by atoms with Gasteiger partial charge in [0, 0.05) is 0 Å². The molecule has 0 atom stereocenters. The number of ether oxygens (including phenoxy) is 1. The average molecular weight is 251 g/mol. The van der Waals surface area contributed by atoms with Crippen LogP contribution in [-0.4, -0.2) is 5.91 Å². The fraction of sp³-hybridized carbons (Fsp3) is 0.0625. The third kappa shape index (κ3) is 2.36. The number of nitrogens with one attached hydrogen (secondary N) is 1. The molecule has 19 heavy (non-hydrogen) atoms. The highest BCUT2D eigenvalue weighted by molar-refractivity contribution is 6.08. The van der Waals surface area contributed by atoms with Crippen molar-refractivity contribution in [2.45, 2.75) is 6.92 Å². The van der Waals surface area contributed by atoms with E-state index >= 15 is 0 Å². The summed E-state index contributed by atoms with van der Waals surface area (Å²) in [7, 11) is 0. The fourth-order valence-electron chi connectivity index (χ4n) is 1.97. The highest BCUT2D eigenvalue weighted by atomic mass is 16.5. The SMILES string of the molecule is Cc1ccc2c(c1)NC(=O)C(=Cc1ccccc1)O2. The minimum Gasteiger partial charge on any atom is -0.449 e. The largest absolute Gasteiger partial charge is 0.449 e. The van der Waals surface area contributed by atoms with Crippen LogP contribution in [0, 0.1) is 6.92 Å². The topological polar surface area (TPSA) is 38.3 Å². The van der Waals surface area contributed by atoms with Gasteiger partial charge in [0.15, 0.2) is 11.5 Å². The van der Waals surface area contributed by atoms with Crippen molar-refractivity contribution in [3.63, 3.8) is 0 Å². The Morgan fingerprint density at radius 3 is 2.68 bits per heavy atom. The van der Waals surface area contributed by atoms with Gasteiger partial charge in [-0.15, -0.1) is 0 Å². The van der Waals surface area contributed by atoms with Gasteiger partial charge in [-0.2, -0.15) is 0 Å². The van der Waals surface area contributed by atoms with Gasteiger partial charge in [0.05, 0.1) is 5.69 Å². The fourth-order valence-corrected chi connectivity index (χ4v) is 1.97. The van der Waals surface area contributed by atoms with E-state index in [-0.39, 0.29) is 5.91 Å². The molecule has 1 aliphatic rings. The van der Waals surface area contributed by atoms with Crippen molar-refractivity contribution in [2.75, 3.05) is 5.32 Å². The number of carbonyl (C=O) groups is 1. The zero-order chi connectivity index (χ0) is 13.2. The highest BCUT2D eigenvalue weighted by Gasteiger charge is 2.21. The van der Waals surface area contributed by atoms with E-state index in [9.17, 15) is 4.79 Å². The second kappa shape index (κ2) is 4.61. The van der Waals surface area contributed by atoms with Gasteiger partial charge in [-0.3, -0.25) is 4.79 Å². The van der Waals surface area contributed by atoms with Crippen LogP contribution >= 0.6 is 0 Å². The summed E-state index contributed by atoms with van der Waals surface area (Å²) in [5.41, 5.74) is 2.73. The Balaban J connectivity index is 1.96. The lowest BCUT2D eigenvalue weighted by Gasteiger charge is -2.20. The van der Waals surface area contributed by atoms with E-state index < -0.39 is 0 Å². The number of fused-ring (bicyclic) bond motifs is 1. The molecule has 94 valence electrons. The van der Waals surface area contributed by atoms with E-state index in [1.807, 2.05) is 55.5 Å². The summed E-state index contributed by atoms with van der Waals surface area (Å²) in [6.07, 6.45) is 1.73. The van der Waals surface area contributed by atoms with Crippen LogP contribution in [0.4, 0.5) is 5.69 Å². The zero-order valence-electron chi connectivity index (χ0n) is 10.5. The summed E-state index contributed by atoms with van der Waals surface area (Å²) in [6, 6.07) is 15.3. The Labute approximate surface area is 111 Å². The minimum atomic E-state index is -0.220. The van der Waals surface area contributed by atoms with Gasteiger partial charge in [-0.05, 0) is 36.3 Å². The number of carbonyl (C=O) groups excluding carboxylic acids is 1. The summed E-state index contributed by atoms with van der Waals surface area (Å²) in [5.74, 6) is 0.761. The van der Waals surface area contributed by atoms with Crippen LogP contribution in [0.2, 0.25) is 0 Å². The van der Waals surface area contributed by atoms with Gasteiger partial charge >= 0.3 is 0 Å². The number of amides is 1. The lowest BCUT2D eigenvalue weighted by Crippen LogP contribution is -2.23. The van der Waals surface area contributed by atoms with Gasteiger partial charge in [-0.1, -0.05) is 36.4 Å². The molecule has 1 N–H and O–H groups in total. The number of hydrogen-bond donors (Lipinski definition) is 1. The van der Waals surface area contributed by atoms with Crippen molar-refractivity contribution in [2.24, 2.45) is 0 Å². The summed E-state index contributed by atoms with van der Waals surface area (Å²) >= 11 is 0. The average Bonchev–Trinajstić information content (AvgIpc) is 2.41. The number of aryl methyl sites for hydroxylation is 1. The van der Waals surface area contributed by atoms with Crippen molar-refractivity contribution in [3.8, 4) is 5.75 Å². The van der Waals surface area contributed by atoms with Crippen LogP contribution in [0.1, 0.15) is 11.1 Å². The first-order valence-corrected chi connectivity index (χ1v) is 6.09. The maximum Gasteiger partial charge on any atom is 0.291 e. The van der Waals surface area contributed by atoms with E-state index in [0.717, 1.165) is 16.8 Å². The van der Waals surface area contributed by atoms with Crippen LogP contribution in [0.3, 0.4) is 0 Å². The number of hydrogen-bond acceptors (Lipinski definition) is 2. The summed E-state index contributed by atoms with van der Waals surface area (Å²) in [5, 5.41) is 2.84. The molecule has 0 aromatic heterocycles. The van der Waals surface area contributed by atoms with Gasteiger partial charge < -0.3 is 10.1 Å². The molecular formula is C16H13NO2. The Bertz CT molecular complexity index is 660. The maximum atomic E-state index is 12.0. The molecule has 1 aliphatic heterocycles. The second-order valence-electron chi connectivity index (χ2n) is 4.48. The van der Waals surface area contributed by atoms with Gasteiger partial charge in [-0.25, -0.2) is 0 Å². The first kappa shape index (κ1) is 11.5. The monoisotopic (exact) mass is 251 g/mol. The van der Waals surface area contributed by atoms with Crippen molar-refractivity contribution in [1.82, 2.24) is 0 Å².